The maximum atomic E-state index is 14.3. The summed E-state index contributed by atoms with van der Waals surface area (Å²) in [6.07, 6.45) is 1.25. The van der Waals surface area contributed by atoms with E-state index in [0.717, 1.165) is 6.07 Å². The predicted octanol–water partition coefficient (Wildman–Crippen LogP) is 0.909. The maximum absolute atomic E-state index is 14.3. The van der Waals surface area contributed by atoms with Crippen molar-refractivity contribution in [3.8, 4) is 0 Å². The van der Waals surface area contributed by atoms with Crippen molar-refractivity contribution in [1.29, 1.82) is 0 Å². The lowest BCUT2D eigenvalue weighted by atomic mass is 10.2. The third-order valence-electron chi connectivity index (χ3n) is 3.61. The minimum atomic E-state index is -1.34. The van der Waals surface area contributed by atoms with Crippen LogP contribution >= 0.6 is 0 Å². The van der Waals surface area contributed by atoms with Gasteiger partial charge in [0.15, 0.2) is 11.6 Å². The Bertz CT molecular complexity index is 803. The number of carboxylic acids is 1. The molecule has 124 valence electrons. The van der Waals surface area contributed by atoms with Gasteiger partial charge in [-0.15, -0.1) is 0 Å². The predicted molar refractivity (Wildman–Crippen MR) is 85.8 cm³/mol. The van der Waals surface area contributed by atoms with Crippen molar-refractivity contribution in [2.45, 2.75) is 13.5 Å². The molecular weight excluding hydrogens is 303 g/mol. The molecule has 0 saturated carbocycles. The summed E-state index contributed by atoms with van der Waals surface area (Å²) in [5.74, 6) is -1.87. The van der Waals surface area contributed by atoms with Crippen LogP contribution in [0.5, 0.6) is 0 Å². The van der Waals surface area contributed by atoms with E-state index in [0.29, 0.717) is 19.6 Å². The average molecular weight is 322 g/mol. The SMILES string of the molecule is CCn1cc(C(=O)O)c(=O)c2cc(F)c(N(C)CCNC)nc21. The summed E-state index contributed by atoms with van der Waals surface area (Å²) in [7, 11) is 3.49. The molecule has 0 atom stereocenters. The first kappa shape index (κ1) is 16.9. The van der Waals surface area contributed by atoms with Gasteiger partial charge in [-0.1, -0.05) is 0 Å². The summed E-state index contributed by atoms with van der Waals surface area (Å²) in [4.78, 5) is 29.3. The summed E-state index contributed by atoms with van der Waals surface area (Å²) in [6.45, 7) is 3.39. The Hall–Kier alpha value is -2.48. The summed E-state index contributed by atoms with van der Waals surface area (Å²) in [5.41, 5.74) is -0.847. The Labute approximate surface area is 132 Å². The topological polar surface area (TPSA) is 87.5 Å². The number of anilines is 1. The highest BCUT2D eigenvalue weighted by Crippen LogP contribution is 2.20. The molecular formula is C15H19FN4O3. The molecule has 0 fully saturated rings. The van der Waals surface area contributed by atoms with Crippen LogP contribution in [0.25, 0.3) is 11.0 Å². The molecule has 2 rings (SSSR count). The molecule has 0 aliphatic rings. The van der Waals surface area contributed by atoms with Crippen molar-refractivity contribution in [3.63, 3.8) is 0 Å². The largest absolute Gasteiger partial charge is 0.477 e. The molecule has 0 aliphatic heterocycles. The van der Waals surface area contributed by atoms with Crippen molar-refractivity contribution in [1.82, 2.24) is 14.9 Å². The van der Waals surface area contributed by atoms with E-state index in [4.69, 9.17) is 5.11 Å². The molecule has 2 aromatic rings. The van der Waals surface area contributed by atoms with Crippen molar-refractivity contribution in [2.24, 2.45) is 0 Å². The van der Waals surface area contributed by atoms with E-state index in [1.165, 1.54) is 10.8 Å². The molecule has 0 saturated heterocycles. The number of carboxylic acid groups (broad SMARTS) is 1. The molecule has 2 N–H and O–H groups in total. The molecule has 8 heteroatoms. The molecule has 2 aromatic heterocycles. The second-order valence-corrected chi connectivity index (χ2v) is 5.15. The Morgan fingerprint density at radius 1 is 1.52 bits per heavy atom. The van der Waals surface area contributed by atoms with Crippen LogP contribution < -0.4 is 15.6 Å². The van der Waals surface area contributed by atoms with Gasteiger partial charge in [-0.05, 0) is 20.0 Å². The van der Waals surface area contributed by atoms with E-state index in [2.05, 4.69) is 10.3 Å². The van der Waals surface area contributed by atoms with Crippen LogP contribution in [0.2, 0.25) is 0 Å². The van der Waals surface area contributed by atoms with Gasteiger partial charge in [-0.25, -0.2) is 14.2 Å². The molecule has 0 amide bonds. The second kappa shape index (κ2) is 6.74. The summed E-state index contributed by atoms with van der Waals surface area (Å²) < 4.78 is 15.9. The quantitative estimate of drug-likeness (QED) is 0.822. The lowest BCUT2D eigenvalue weighted by molar-refractivity contribution is 0.0695. The molecule has 0 aliphatic carbocycles. The number of nitrogens with one attached hydrogen (secondary N) is 1. The number of hydrogen-bond donors (Lipinski definition) is 2. The van der Waals surface area contributed by atoms with Gasteiger partial charge in [-0.3, -0.25) is 4.79 Å². The van der Waals surface area contributed by atoms with Gasteiger partial charge < -0.3 is 19.9 Å². The molecule has 0 aromatic carbocycles. The van der Waals surface area contributed by atoms with Crippen LogP contribution in [0.15, 0.2) is 17.1 Å². The van der Waals surface area contributed by atoms with Crippen molar-refractivity contribution >= 4 is 22.8 Å². The number of aryl methyl sites for hydroxylation is 1. The Morgan fingerprint density at radius 2 is 2.22 bits per heavy atom. The maximum Gasteiger partial charge on any atom is 0.341 e. The van der Waals surface area contributed by atoms with E-state index in [-0.39, 0.29) is 16.9 Å². The third-order valence-corrected chi connectivity index (χ3v) is 3.61. The van der Waals surface area contributed by atoms with Crippen LogP contribution in [-0.2, 0) is 6.54 Å². The van der Waals surface area contributed by atoms with Gasteiger partial charge in [0, 0.05) is 32.9 Å². The highest BCUT2D eigenvalue weighted by Gasteiger charge is 2.19. The van der Waals surface area contributed by atoms with Gasteiger partial charge in [0.25, 0.3) is 0 Å². The van der Waals surface area contributed by atoms with E-state index in [1.807, 2.05) is 0 Å². The van der Waals surface area contributed by atoms with Crippen LogP contribution in [0, 0.1) is 5.82 Å². The highest BCUT2D eigenvalue weighted by atomic mass is 19.1. The fourth-order valence-electron chi connectivity index (χ4n) is 2.32. The number of fused-ring (bicyclic) bond motifs is 1. The van der Waals surface area contributed by atoms with Crippen LogP contribution in [0.4, 0.5) is 10.2 Å². The highest BCUT2D eigenvalue weighted by molar-refractivity contribution is 5.92. The van der Waals surface area contributed by atoms with Gasteiger partial charge in [0.1, 0.15) is 11.2 Å². The number of halogens is 1. The smallest absolute Gasteiger partial charge is 0.341 e. The van der Waals surface area contributed by atoms with E-state index >= 15 is 0 Å². The fraction of sp³-hybridized carbons (Fsp3) is 0.400. The third kappa shape index (κ3) is 3.16. The molecule has 0 radical (unpaired) electrons. The van der Waals surface area contributed by atoms with Crippen LogP contribution in [0.3, 0.4) is 0 Å². The molecule has 23 heavy (non-hydrogen) atoms. The summed E-state index contributed by atoms with van der Waals surface area (Å²) >= 11 is 0. The lowest BCUT2D eigenvalue weighted by Gasteiger charge is -2.20. The average Bonchev–Trinajstić information content (AvgIpc) is 2.52. The zero-order valence-electron chi connectivity index (χ0n) is 13.3. The zero-order valence-corrected chi connectivity index (χ0v) is 13.3. The van der Waals surface area contributed by atoms with Crippen LogP contribution in [-0.4, -0.2) is 47.8 Å². The number of pyridine rings is 2. The monoisotopic (exact) mass is 322 g/mol. The fourth-order valence-corrected chi connectivity index (χ4v) is 2.32. The number of carbonyl (C=O) groups is 1. The number of hydrogen-bond acceptors (Lipinski definition) is 5. The van der Waals surface area contributed by atoms with Gasteiger partial charge in [0.2, 0.25) is 5.43 Å². The van der Waals surface area contributed by atoms with E-state index in [9.17, 15) is 14.0 Å². The Morgan fingerprint density at radius 3 is 2.78 bits per heavy atom. The van der Waals surface area contributed by atoms with Crippen molar-refractivity contribution in [2.75, 3.05) is 32.1 Å². The zero-order chi connectivity index (χ0) is 17.1. The summed E-state index contributed by atoms with van der Waals surface area (Å²) in [6, 6.07) is 1.06. The standard InChI is InChI=1S/C15H19FN4O3/c1-4-20-8-10(15(22)23)12(21)9-7-11(16)14(18-13(9)20)19(3)6-5-17-2/h7-8,17H,4-6H2,1-3H3,(H,22,23). The summed E-state index contributed by atoms with van der Waals surface area (Å²) in [5, 5.41) is 12.0. The first-order valence-corrected chi connectivity index (χ1v) is 7.23. The number of rotatable bonds is 6. The number of likely N-dealkylation sites (N-methyl/N-ethyl adjacent to an activating group) is 2. The van der Waals surface area contributed by atoms with Crippen LogP contribution in [0.1, 0.15) is 17.3 Å². The normalized spacial score (nSPS) is 11.0. The Balaban J connectivity index is 2.70. The Kier molecular flexibility index (Phi) is 4.95. The van der Waals surface area contributed by atoms with Gasteiger partial charge in [-0.2, -0.15) is 0 Å². The van der Waals surface area contributed by atoms with Crippen molar-refractivity contribution in [3.05, 3.63) is 33.9 Å². The van der Waals surface area contributed by atoms with Crippen molar-refractivity contribution < 1.29 is 14.3 Å². The molecule has 0 spiro atoms. The molecule has 7 nitrogen and oxygen atoms in total. The lowest BCUT2D eigenvalue weighted by Crippen LogP contribution is -2.29. The van der Waals surface area contributed by atoms with E-state index < -0.39 is 22.8 Å². The minimum Gasteiger partial charge on any atom is -0.477 e. The second-order valence-electron chi connectivity index (χ2n) is 5.15. The van der Waals surface area contributed by atoms with E-state index in [1.54, 1.807) is 25.9 Å². The first-order chi connectivity index (χ1) is 10.9. The number of aromatic nitrogens is 2. The van der Waals surface area contributed by atoms with Gasteiger partial charge >= 0.3 is 5.97 Å². The number of nitrogens with zero attached hydrogens (tertiary/aromatic N) is 3. The molecule has 0 bridgehead atoms. The minimum absolute atomic E-state index is 0.0324. The molecule has 0 unspecified atom stereocenters. The first-order valence-electron chi connectivity index (χ1n) is 7.23. The van der Waals surface area contributed by atoms with Gasteiger partial charge in [0.05, 0.1) is 5.39 Å². The molecule has 2 heterocycles. The number of aromatic carboxylic acids is 1.